The predicted molar refractivity (Wildman–Crippen MR) is 68.2 cm³/mol. The van der Waals surface area contributed by atoms with E-state index in [4.69, 9.17) is 0 Å². The molecule has 2 rings (SSSR count). The van der Waals surface area contributed by atoms with Crippen LogP contribution in [0.3, 0.4) is 0 Å². The zero-order valence-corrected chi connectivity index (χ0v) is 11.5. The monoisotopic (exact) mass is 333 g/mol. The van der Waals surface area contributed by atoms with E-state index < -0.39 is 14.4 Å². The first-order chi connectivity index (χ1) is 8.47. The van der Waals surface area contributed by atoms with Gasteiger partial charge in [0.25, 0.3) is 0 Å². The van der Waals surface area contributed by atoms with Gasteiger partial charge in [0.1, 0.15) is 5.69 Å². The van der Waals surface area contributed by atoms with Gasteiger partial charge in [-0.2, -0.15) is 8.42 Å². The molecule has 1 aromatic heterocycles. The van der Waals surface area contributed by atoms with Gasteiger partial charge >= 0.3 is 10.2 Å². The van der Waals surface area contributed by atoms with Crippen LogP contribution in [0.4, 0.5) is 3.89 Å². The Hall–Kier alpha value is -1.28. The van der Waals surface area contributed by atoms with E-state index in [-0.39, 0.29) is 6.54 Å². The molecular formula is C10H9BrFN3O2S. The lowest BCUT2D eigenvalue weighted by Crippen LogP contribution is -2.17. The van der Waals surface area contributed by atoms with Crippen molar-refractivity contribution in [3.05, 3.63) is 36.5 Å². The van der Waals surface area contributed by atoms with Crippen molar-refractivity contribution in [2.24, 2.45) is 0 Å². The molecule has 0 N–H and O–H groups in total. The summed E-state index contributed by atoms with van der Waals surface area (Å²) in [5.41, 5.74) is 1.46. The molecule has 0 aliphatic heterocycles. The minimum absolute atomic E-state index is 0.140. The van der Waals surface area contributed by atoms with Gasteiger partial charge in [0, 0.05) is 5.56 Å². The molecule has 1 heterocycles. The summed E-state index contributed by atoms with van der Waals surface area (Å²) in [5.74, 6) is 0. The Morgan fingerprint density at radius 2 is 2.00 bits per heavy atom. The lowest BCUT2D eigenvalue weighted by Gasteiger charge is -2.03. The molecule has 0 radical (unpaired) electrons. The van der Waals surface area contributed by atoms with Gasteiger partial charge in [-0.15, -0.1) is 8.98 Å². The van der Waals surface area contributed by atoms with Gasteiger partial charge in [0.2, 0.25) is 0 Å². The van der Waals surface area contributed by atoms with Crippen LogP contribution in [0.5, 0.6) is 0 Å². The molecule has 1 unspecified atom stereocenters. The van der Waals surface area contributed by atoms with E-state index in [0.717, 1.165) is 5.56 Å². The van der Waals surface area contributed by atoms with Gasteiger partial charge in [-0.05, 0) is 0 Å². The molecule has 2 aromatic rings. The molecule has 0 amide bonds. The van der Waals surface area contributed by atoms with Gasteiger partial charge in [-0.25, -0.2) is 4.68 Å². The number of aromatic nitrogens is 3. The molecule has 8 heteroatoms. The van der Waals surface area contributed by atoms with Crippen LogP contribution < -0.4 is 0 Å². The zero-order valence-electron chi connectivity index (χ0n) is 9.07. The van der Waals surface area contributed by atoms with Crippen molar-refractivity contribution in [1.29, 1.82) is 0 Å². The maximum absolute atomic E-state index is 12.7. The van der Waals surface area contributed by atoms with E-state index in [1.165, 1.54) is 4.68 Å². The van der Waals surface area contributed by atoms with Crippen molar-refractivity contribution in [1.82, 2.24) is 15.0 Å². The standard InChI is InChI=1S/C10H9BrFN3O2S/c11-10(18(12,16)17)7-15-6-9(13-14-15)8-4-2-1-3-5-8/h1-6,10H,7H2. The lowest BCUT2D eigenvalue weighted by atomic mass is 10.2. The largest absolute Gasteiger partial charge is 0.317 e. The highest BCUT2D eigenvalue weighted by Gasteiger charge is 2.22. The molecule has 1 atom stereocenters. The number of hydrogen-bond donors (Lipinski definition) is 0. The van der Waals surface area contributed by atoms with Crippen molar-refractivity contribution in [3.63, 3.8) is 0 Å². The Balaban J connectivity index is 2.17. The van der Waals surface area contributed by atoms with Gasteiger partial charge in [-0.3, -0.25) is 0 Å². The fraction of sp³-hybridized carbons (Fsp3) is 0.200. The van der Waals surface area contributed by atoms with E-state index in [9.17, 15) is 12.3 Å². The Morgan fingerprint density at radius 3 is 2.61 bits per heavy atom. The molecule has 1 aromatic carbocycles. The highest BCUT2D eigenvalue weighted by atomic mass is 79.9. The van der Waals surface area contributed by atoms with E-state index in [1.54, 1.807) is 6.20 Å². The number of alkyl halides is 1. The van der Waals surface area contributed by atoms with E-state index in [2.05, 4.69) is 26.2 Å². The fourth-order valence-corrected chi connectivity index (χ4v) is 1.99. The summed E-state index contributed by atoms with van der Waals surface area (Å²) < 4.78 is 33.9. The summed E-state index contributed by atoms with van der Waals surface area (Å²) in [5, 5.41) is 7.65. The third-order valence-corrected chi connectivity index (χ3v) is 4.63. The van der Waals surface area contributed by atoms with Crippen LogP contribution in [0, 0.1) is 0 Å². The quantitative estimate of drug-likeness (QED) is 0.633. The molecule has 0 saturated heterocycles. The second kappa shape index (κ2) is 5.15. The Kier molecular flexibility index (Phi) is 3.76. The molecule has 0 bridgehead atoms. The summed E-state index contributed by atoms with van der Waals surface area (Å²) in [6, 6.07) is 9.29. The van der Waals surface area contributed by atoms with Crippen molar-refractivity contribution in [2.75, 3.05) is 0 Å². The van der Waals surface area contributed by atoms with Gasteiger partial charge in [0.15, 0.2) is 4.16 Å². The highest BCUT2D eigenvalue weighted by molar-refractivity contribution is 9.11. The van der Waals surface area contributed by atoms with Crippen LogP contribution in [-0.2, 0) is 16.8 Å². The van der Waals surface area contributed by atoms with Crippen molar-refractivity contribution in [2.45, 2.75) is 10.7 Å². The maximum Gasteiger partial charge on any atom is 0.317 e. The van der Waals surface area contributed by atoms with E-state index in [0.29, 0.717) is 5.69 Å². The first kappa shape index (κ1) is 13.2. The number of hydrogen-bond acceptors (Lipinski definition) is 4. The number of rotatable bonds is 4. The van der Waals surface area contributed by atoms with Crippen LogP contribution >= 0.6 is 15.9 Å². The molecule has 0 aliphatic rings. The first-order valence-electron chi connectivity index (χ1n) is 5.00. The highest BCUT2D eigenvalue weighted by Crippen LogP contribution is 2.17. The van der Waals surface area contributed by atoms with Gasteiger partial charge in [-0.1, -0.05) is 51.5 Å². The number of halogens is 2. The van der Waals surface area contributed by atoms with Crippen LogP contribution in [0.15, 0.2) is 36.5 Å². The smallest absolute Gasteiger partial charge is 0.250 e. The third-order valence-electron chi connectivity index (χ3n) is 2.24. The summed E-state index contributed by atoms with van der Waals surface area (Å²) in [7, 11) is -4.63. The molecule has 96 valence electrons. The van der Waals surface area contributed by atoms with Crippen LogP contribution in [0.25, 0.3) is 11.3 Å². The van der Waals surface area contributed by atoms with Crippen molar-refractivity contribution in [3.8, 4) is 11.3 Å². The molecular weight excluding hydrogens is 325 g/mol. The Bertz CT molecular complexity index is 630. The van der Waals surface area contributed by atoms with Crippen LogP contribution in [0.1, 0.15) is 0 Å². The second-order valence-corrected chi connectivity index (χ2v) is 6.81. The summed E-state index contributed by atoms with van der Waals surface area (Å²) in [4.78, 5) is 0. The normalized spacial score (nSPS) is 13.4. The van der Waals surface area contributed by atoms with Gasteiger partial charge in [0.05, 0.1) is 12.7 Å². The number of benzene rings is 1. The minimum atomic E-state index is -4.63. The Morgan fingerprint density at radius 1 is 1.33 bits per heavy atom. The second-order valence-electron chi connectivity index (χ2n) is 3.58. The molecule has 0 saturated carbocycles. The fourth-order valence-electron chi connectivity index (χ4n) is 1.36. The molecule has 5 nitrogen and oxygen atoms in total. The van der Waals surface area contributed by atoms with Crippen molar-refractivity contribution >= 4 is 26.2 Å². The van der Waals surface area contributed by atoms with Crippen LogP contribution in [0.2, 0.25) is 0 Å². The first-order valence-corrected chi connectivity index (χ1v) is 7.36. The Labute approximate surface area is 112 Å². The molecule has 0 fully saturated rings. The number of nitrogens with zero attached hydrogens (tertiary/aromatic N) is 3. The average Bonchev–Trinajstić information content (AvgIpc) is 2.77. The van der Waals surface area contributed by atoms with E-state index >= 15 is 0 Å². The SMILES string of the molecule is O=S(=O)(F)C(Br)Cn1cc(-c2ccccc2)nn1. The molecule has 0 aliphatic carbocycles. The predicted octanol–water partition coefficient (Wildman–Crippen LogP) is 1.97. The zero-order chi connectivity index (χ0) is 13.2. The third kappa shape index (κ3) is 3.14. The molecule has 0 spiro atoms. The molecule has 18 heavy (non-hydrogen) atoms. The van der Waals surface area contributed by atoms with Crippen molar-refractivity contribution < 1.29 is 12.3 Å². The topological polar surface area (TPSA) is 64.8 Å². The van der Waals surface area contributed by atoms with Gasteiger partial charge < -0.3 is 0 Å². The average molecular weight is 334 g/mol. The summed E-state index contributed by atoms with van der Waals surface area (Å²) >= 11 is 2.75. The lowest BCUT2D eigenvalue weighted by molar-refractivity contribution is 0.531. The summed E-state index contributed by atoms with van der Waals surface area (Å²) in [6.07, 6.45) is 1.56. The van der Waals surface area contributed by atoms with Crippen LogP contribution in [-0.4, -0.2) is 27.6 Å². The van der Waals surface area contributed by atoms with E-state index in [1.807, 2.05) is 30.3 Å². The maximum atomic E-state index is 12.7. The summed E-state index contributed by atoms with van der Waals surface area (Å²) in [6.45, 7) is -0.140. The minimum Gasteiger partial charge on any atom is -0.250 e.